The average Bonchev–Trinajstić information content (AvgIpc) is 4.11. The number of primary amides is 1. The van der Waals surface area contributed by atoms with Crippen molar-refractivity contribution in [2.24, 2.45) is 23.3 Å². The van der Waals surface area contributed by atoms with Crippen molar-refractivity contribution >= 4 is 71.1 Å². The van der Waals surface area contributed by atoms with E-state index in [0.717, 1.165) is 16.1 Å². The van der Waals surface area contributed by atoms with E-state index in [1.165, 1.54) is 23.8 Å². The van der Waals surface area contributed by atoms with Gasteiger partial charge < -0.3 is 68.7 Å². The van der Waals surface area contributed by atoms with Gasteiger partial charge in [-0.3, -0.25) is 58.2 Å². The van der Waals surface area contributed by atoms with Crippen molar-refractivity contribution in [3.05, 3.63) is 108 Å². The molecule has 0 aliphatic carbocycles. The van der Waals surface area contributed by atoms with Gasteiger partial charge in [0.1, 0.15) is 48.3 Å². The van der Waals surface area contributed by atoms with Crippen LogP contribution in [0.5, 0.6) is 0 Å². The number of aliphatic carboxylic acids is 1. The van der Waals surface area contributed by atoms with E-state index in [4.69, 9.17) is 11.5 Å². The van der Waals surface area contributed by atoms with E-state index in [1.807, 2.05) is 18.2 Å². The molecule has 0 radical (unpaired) electrons. The summed E-state index contributed by atoms with van der Waals surface area (Å²) in [5, 5.41) is 38.9. The highest BCUT2D eigenvalue weighted by molar-refractivity contribution is 5.99. The number of carbonyl (C=O) groups excluding carboxylic acids is 11. The van der Waals surface area contributed by atoms with Gasteiger partial charge in [-0.1, -0.05) is 119 Å². The summed E-state index contributed by atoms with van der Waals surface area (Å²) in [7, 11) is 1.23. The molecule has 86 heavy (non-hydrogen) atoms. The normalized spacial score (nSPS) is 17.5. The third-order valence-corrected chi connectivity index (χ3v) is 14.7. The fourth-order valence-corrected chi connectivity index (χ4v) is 9.96. The zero-order valence-electron chi connectivity index (χ0n) is 49.2. The third kappa shape index (κ3) is 19.8. The monoisotopic (exact) mass is 1200 g/mol. The maximum Gasteiger partial charge on any atom is 0.336 e. The van der Waals surface area contributed by atoms with Crippen molar-refractivity contribution in [2.45, 2.75) is 146 Å². The summed E-state index contributed by atoms with van der Waals surface area (Å²) >= 11 is 0. The van der Waals surface area contributed by atoms with Crippen molar-refractivity contribution < 1.29 is 67.7 Å². The van der Waals surface area contributed by atoms with Crippen LogP contribution in [0, 0.1) is 11.8 Å². The summed E-state index contributed by atoms with van der Waals surface area (Å²) in [5.74, 6) is -11.0. The number of hydrazine groups is 1. The minimum atomic E-state index is -1.88. The van der Waals surface area contributed by atoms with Crippen LogP contribution >= 0.6 is 0 Å². The Labute approximate surface area is 498 Å². The van der Waals surface area contributed by atoms with Crippen LogP contribution in [0.15, 0.2) is 91.0 Å². The minimum Gasteiger partial charge on any atom is -0.481 e. The molecule has 2 fully saturated rings. The lowest BCUT2D eigenvalue weighted by atomic mass is 10.00. The molecule has 3 aromatic rings. The third-order valence-electron chi connectivity index (χ3n) is 14.7. The van der Waals surface area contributed by atoms with E-state index in [1.54, 1.807) is 100 Å². The predicted octanol–water partition coefficient (Wildman–Crippen LogP) is -1.74. The highest BCUT2D eigenvalue weighted by Gasteiger charge is 2.42. The number of urea groups is 1. The molecular formula is C59H81N13O14. The number of hydrogen-bond acceptors (Lipinski definition) is 14. The number of nitrogens with one attached hydrogen (secondary N) is 8. The van der Waals surface area contributed by atoms with Crippen molar-refractivity contribution in [3.63, 3.8) is 0 Å². The number of aliphatic hydroxyl groups excluding tert-OH is 1. The van der Waals surface area contributed by atoms with Gasteiger partial charge in [0.15, 0.2) is 0 Å². The second-order valence-electron chi connectivity index (χ2n) is 22.2. The molecule has 2 aliphatic rings. The fourth-order valence-electron chi connectivity index (χ4n) is 9.96. The number of aliphatic hydroxyl groups is 1. The first kappa shape index (κ1) is 67.8. The maximum atomic E-state index is 14.0. The van der Waals surface area contributed by atoms with Gasteiger partial charge in [-0.25, -0.2) is 9.80 Å². The van der Waals surface area contributed by atoms with Crippen LogP contribution in [0.4, 0.5) is 4.79 Å². The van der Waals surface area contributed by atoms with Crippen LogP contribution in [0.2, 0.25) is 0 Å². The van der Waals surface area contributed by atoms with Crippen LogP contribution in [-0.4, -0.2) is 183 Å². The number of nitrogens with two attached hydrogens (primary N) is 2. The highest BCUT2D eigenvalue weighted by Crippen LogP contribution is 2.22. The van der Waals surface area contributed by atoms with Crippen LogP contribution in [0.25, 0.3) is 0 Å². The van der Waals surface area contributed by atoms with Gasteiger partial charge >= 0.3 is 12.0 Å². The Morgan fingerprint density at radius 2 is 1.05 bits per heavy atom. The van der Waals surface area contributed by atoms with Gasteiger partial charge in [-0.05, 0) is 67.6 Å². The Kier molecular flexibility index (Phi) is 25.5. The van der Waals surface area contributed by atoms with Crippen LogP contribution in [-0.2, 0) is 72.0 Å². The molecule has 3 aromatic carbocycles. The number of carboxylic acids is 1. The van der Waals surface area contributed by atoms with E-state index in [9.17, 15) is 67.7 Å². The molecule has 0 spiro atoms. The smallest absolute Gasteiger partial charge is 0.336 e. The van der Waals surface area contributed by atoms with Gasteiger partial charge in [-0.2, -0.15) is 0 Å². The number of rotatable bonds is 28. The molecular weight excluding hydrogens is 1110 g/mol. The van der Waals surface area contributed by atoms with Gasteiger partial charge in [0.2, 0.25) is 53.2 Å². The standard InChI is InChI=1S/C59H81N13O14/c1-33(2)47(66-52(79)42(31-46(75)76)64-57(84)49(35(5)73)68-55(82)44-25-17-27-72(44)58(85)48(34(3)4)67-51(78)39(60)28-36-18-10-7-11-19-36)56(83)62-32-45(74)71-26-16-24-43(71)54(81)63-41(30-38-22-14-9-15-23-38)53(80)69-70(6)59(86)65-40(50(61)77)29-37-20-12-8-13-21-37/h7-15,18-23,33-35,39-44,47-49,73H,16-17,24-32,60H2,1-6H3,(H2,61,77)(H,62,83)(H,63,81)(H,64,84)(H,65,86)(H,66,79)(H,67,78)(H,68,82)(H,69,80)(H,75,76)/t35-,39-,40+,41+,42+,43+,44+,47+,48+,49+/m1/s1. The molecule has 2 heterocycles. The topological polar surface area (TPSA) is 403 Å². The van der Waals surface area contributed by atoms with Gasteiger partial charge in [0.25, 0.3) is 5.91 Å². The Hall–Kier alpha value is -8.98. The largest absolute Gasteiger partial charge is 0.481 e. The number of carboxylic acid groups (broad SMARTS) is 1. The molecule has 27 heteroatoms. The molecule has 12 amide bonds. The molecule has 466 valence electrons. The minimum absolute atomic E-state index is 0.0432. The quantitative estimate of drug-likeness (QED) is 0.0359. The molecule has 0 saturated carbocycles. The zero-order chi connectivity index (χ0) is 63.4. The Balaban J connectivity index is 1.19. The molecule has 0 bridgehead atoms. The second kappa shape index (κ2) is 32.3. The first-order valence-electron chi connectivity index (χ1n) is 28.6. The molecule has 0 aromatic heterocycles. The molecule has 5 rings (SSSR count). The van der Waals surface area contributed by atoms with Gasteiger partial charge in [-0.15, -0.1) is 0 Å². The zero-order valence-corrected chi connectivity index (χ0v) is 49.2. The molecule has 2 aliphatic heterocycles. The Morgan fingerprint density at radius 1 is 0.558 bits per heavy atom. The lowest BCUT2D eigenvalue weighted by Crippen LogP contribution is -2.62. The number of amides is 12. The van der Waals surface area contributed by atoms with Crippen molar-refractivity contribution in [1.29, 1.82) is 0 Å². The van der Waals surface area contributed by atoms with Crippen LogP contribution in [0.3, 0.4) is 0 Å². The summed E-state index contributed by atoms with van der Waals surface area (Å²) in [5.41, 5.74) is 16.4. The number of carbonyl (C=O) groups is 12. The molecule has 14 N–H and O–H groups in total. The lowest BCUT2D eigenvalue weighted by molar-refractivity contribution is -0.144. The second-order valence-corrected chi connectivity index (χ2v) is 22.2. The fraction of sp³-hybridized carbons (Fsp3) is 0.492. The molecule has 27 nitrogen and oxygen atoms in total. The van der Waals surface area contributed by atoms with Crippen molar-refractivity contribution in [2.75, 3.05) is 26.7 Å². The van der Waals surface area contributed by atoms with E-state index in [0.29, 0.717) is 18.4 Å². The van der Waals surface area contributed by atoms with Gasteiger partial charge in [0.05, 0.1) is 25.1 Å². The van der Waals surface area contributed by atoms with E-state index in [2.05, 4.69) is 42.6 Å². The molecule has 0 unspecified atom stereocenters. The first-order valence-corrected chi connectivity index (χ1v) is 28.6. The van der Waals surface area contributed by atoms with E-state index < -0.39 is 156 Å². The summed E-state index contributed by atoms with van der Waals surface area (Å²) < 4.78 is 0. The summed E-state index contributed by atoms with van der Waals surface area (Å²) in [4.78, 5) is 164. The van der Waals surface area contributed by atoms with Crippen LogP contribution in [0.1, 0.15) is 83.4 Å². The van der Waals surface area contributed by atoms with Crippen LogP contribution < -0.4 is 54.1 Å². The molecule has 10 atom stereocenters. The number of benzene rings is 3. The van der Waals surface area contributed by atoms with E-state index >= 15 is 0 Å². The summed E-state index contributed by atoms with van der Waals surface area (Å²) in [6.45, 7) is 7.21. The molecule has 2 saturated heterocycles. The average molecular weight is 1200 g/mol. The SMILES string of the molecule is CC(C)[C@H](NC(=O)[C@H](CC(=O)O)NC(=O)[C@@H](NC(=O)[C@@H]1CCCN1C(=O)[C@@H](NC(=O)[C@H](N)Cc1ccccc1)C(C)C)[C@@H](C)O)C(=O)NCC(=O)N1CCC[C@H]1C(=O)N[C@@H](Cc1ccccc1)C(=O)NN(C)C(=O)N[C@@H](Cc1ccccc1)C(N)=O. The van der Waals surface area contributed by atoms with E-state index in [-0.39, 0.29) is 45.2 Å². The summed E-state index contributed by atoms with van der Waals surface area (Å²) in [6, 6.07) is 13.8. The number of hydrogen-bond donors (Lipinski definition) is 12. The lowest BCUT2D eigenvalue weighted by Gasteiger charge is -2.32. The highest BCUT2D eigenvalue weighted by atomic mass is 16.4. The Bertz CT molecular complexity index is 2880. The summed E-state index contributed by atoms with van der Waals surface area (Å²) in [6.07, 6.45) is -1.34. The Morgan fingerprint density at radius 3 is 1.56 bits per heavy atom. The predicted molar refractivity (Wildman–Crippen MR) is 312 cm³/mol. The number of likely N-dealkylation sites (tertiary alicyclic amines) is 2. The number of nitrogens with zero attached hydrogens (tertiary/aromatic N) is 3. The maximum absolute atomic E-state index is 14.0. The van der Waals surface area contributed by atoms with Crippen molar-refractivity contribution in [1.82, 2.24) is 57.5 Å². The van der Waals surface area contributed by atoms with Crippen molar-refractivity contribution in [3.8, 4) is 0 Å². The van der Waals surface area contributed by atoms with Gasteiger partial charge in [0, 0.05) is 33.0 Å². The first-order chi connectivity index (χ1) is 40.7.